The minimum atomic E-state index is -2.81. The van der Waals surface area contributed by atoms with Crippen molar-refractivity contribution in [2.75, 3.05) is 5.75 Å². The second-order valence-electron chi connectivity index (χ2n) is 8.25. The fourth-order valence-corrected chi connectivity index (χ4v) is 3.75. The van der Waals surface area contributed by atoms with Gasteiger partial charge in [0.2, 0.25) is 5.88 Å². The molecule has 1 saturated heterocycles. The van der Waals surface area contributed by atoms with Gasteiger partial charge in [-0.3, -0.25) is 4.78 Å². The zero-order valence-electron chi connectivity index (χ0n) is 17.6. The first kappa shape index (κ1) is 22.6. The maximum absolute atomic E-state index is 14.1. The smallest absolute Gasteiger partial charge is 0.436 e. The van der Waals surface area contributed by atoms with E-state index >= 15 is 0 Å². The van der Waals surface area contributed by atoms with Gasteiger partial charge in [0.05, 0.1) is 17.0 Å². The highest BCUT2D eigenvalue weighted by molar-refractivity contribution is 7.91. The molecule has 1 atom stereocenters. The second kappa shape index (κ2) is 7.90. The van der Waals surface area contributed by atoms with E-state index in [1.165, 1.54) is 12.3 Å². The van der Waals surface area contributed by atoms with Gasteiger partial charge in [-0.15, -0.1) is 0 Å². The van der Waals surface area contributed by atoms with Crippen LogP contribution in [0.5, 0.6) is 11.6 Å². The van der Waals surface area contributed by atoms with Crippen molar-refractivity contribution >= 4 is 22.3 Å². The molecule has 1 aliphatic heterocycles. The van der Waals surface area contributed by atoms with Gasteiger partial charge in [0.15, 0.2) is 11.6 Å². The molecule has 2 aromatic rings. The van der Waals surface area contributed by atoms with Crippen LogP contribution in [0.25, 0.3) is 0 Å². The number of hydrogen-bond acceptors (Lipinski definition) is 6. The van der Waals surface area contributed by atoms with Crippen molar-refractivity contribution in [1.82, 2.24) is 4.98 Å². The lowest BCUT2D eigenvalue weighted by molar-refractivity contribution is 0.00578. The standard InChI is InChI=1S/C20H25BF2N2O4S/c1-6-30(24,26)12-13-9-15(21-28-19(2,3)20(4,5)29-21)18(25-11-13)27-17-8-7-14(22)10-16(17)23/h7-11,24H,6,12H2,1-5H3. The van der Waals surface area contributed by atoms with E-state index in [4.69, 9.17) is 18.8 Å². The van der Waals surface area contributed by atoms with Crippen LogP contribution in [-0.2, 0) is 24.8 Å². The molecule has 0 amide bonds. The normalized spacial score (nSPS) is 19.5. The van der Waals surface area contributed by atoms with Crippen LogP contribution in [-0.4, -0.2) is 33.3 Å². The largest absolute Gasteiger partial charge is 0.500 e. The number of ether oxygens (including phenoxy) is 1. The minimum absolute atomic E-state index is 0.00813. The molecule has 0 saturated carbocycles. The van der Waals surface area contributed by atoms with Crippen molar-refractivity contribution < 1.29 is 27.0 Å². The molecule has 1 fully saturated rings. The Kier molecular flexibility index (Phi) is 5.96. The third-order valence-corrected chi connectivity index (χ3v) is 7.14. The number of pyridine rings is 1. The summed E-state index contributed by atoms with van der Waals surface area (Å²) < 4.78 is 65.3. The van der Waals surface area contributed by atoms with Crippen LogP contribution in [0, 0.1) is 16.4 Å². The zero-order chi connectivity index (χ0) is 22.3. The molecule has 1 unspecified atom stereocenters. The zero-order valence-corrected chi connectivity index (χ0v) is 18.4. The summed E-state index contributed by atoms with van der Waals surface area (Å²) in [5.74, 6) is -1.56. The molecular weight excluding hydrogens is 413 g/mol. The first-order valence-electron chi connectivity index (χ1n) is 9.55. The van der Waals surface area contributed by atoms with E-state index in [0.29, 0.717) is 17.1 Å². The number of nitrogens with one attached hydrogen (secondary N) is 1. The van der Waals surface area contributed by atoms with E-state index < -0.39 is 39.7 Å². The lowest BCUT2D eigenvalue weighted by Gasteiger charge is -2.32. The third kappa shape index (κ3) is 4.65. The highest BCUT2D eigenvalue weighted by Crippen LogP contribution is 2.37. The number of benzene rings is 1. The van der Waals surface area contributed by atoms with Gasteiger partial charge in [0, 0.05) is 33.2 Å². The molecule has 10 heteroatoms. The maximum atomic E-state index is 14.1. The van der Waals surface area contributed by atoms with Crippen LogP contribution in [0.15, 0.2) is 30.5 Å². The van der Waals surface area contributed by atoms with Crippen LogP contribution in [0.3, 0.4) is 0 Å². The maximum Gasteiger partial charge on any atom is 0.500 e. The summed E-state index contributed by atoms with van der Waals surface area (Å²) in [4.78, 5) is 4.24. The minimum Gasteiger partial charge on any atom is -0.436 e. The Hall–Kier alpha value is -2.04. The van der Waals surface area contributed by atoms with E-state index in [0.717, 1.165) is 6.07 Å². The lowest BCUT2D eigenvalue weighted by Crippen LogP contribution is -2.41. The fourth-order valence-electron chi connectivity index (χ4n) is 2.85. The summed E-state index contributed by atoms with van der Waals surface area (Å²) >= 11 is 0. The van der Waals surface area contributed by atoms with Crippen molar-refractivity contribution in [3.63, 3.8) is 0 Å². The average molecular weight is 438 g/mol. The van der Waals surface area contributed by atoms with Gasteiger partial charge in [-0.05, 0) is 45.4 Å². The predicted molar refractivity (Wildman–Crippen MR) is 111 cm³/mol. The fraction of sp³-hybridized carbons (Fsp3) is 0.450. The number of rotatable bonds is 6. The summed E-state index contributed by atoms with van der Waals surface area (Å²) in [6.07, 6.45) is 1.43. The molecule has 0 radical (unpaired) electrons. The van der Waals surface area contributed by atoms with Crippen molar-refractivity contribution in [1.29, 1.82) is 4.78 Å². The third-order valence-electron chi connectivity index (χ3n) is 5.41. The Balaban J connectivity index is 2.03. The highest BCUT2D eigenvalue weighted by atomic mass is 32.2. The number of halogens is 2. The Morgan fingerprint density at radius 3 is 2.37 bits per heavy atom. The van der Waals surface area contributed by atoms with Crippen LogP contribution >= 0.6 is 0 Å². The topological polar surface area (TPSA) is 81.5 Å². The van der Waals surface area contributed by atoms with Gasteiger partial charge in [0.1, 0.15) is 5.82 Å². The summed E-state index contributed by atoms with van der Waals surface area (Å²) in [6, 6.07) is 4.62. The lowest BCUT2D eigenvalue weighted by atomic mass is 9.79. The molecular formula is C20H25BF2N2O4S. The molecule has 2 heterocycles. The number of nitrogens with zero attached hydrogens (tertiary/aromatic N) is 1. The summed E-state index contributed by atoms with van der Waals surface area (Å²) in [6.45, 7) is 9.24. The molecule has 1 N–H and O–H groups in total. The Morgan fingerprint density at radius 1 is 1.17 bits per heavy atom. The van der Waals surface area contributed by atoms with E-state index in [2.05, 4.69) is 4.98 Å². The number of aromatic nitrogens is 1. The summed E-state index contributed by atoms with van der Waals surface area (Å²) in [5.41, 5.74) is -0.355. The Morgan fingerprint density at radius 2 is 1.80 bits per heavy atom. The van der Waals surface area contributed by atoms with Gasteiger partial charge in [-0.1, -0.05) is 13.0 Å². The molecule has 6 nitrogen and oxygen atoms in total. The Labute approximate surface area is 176 Å². The van der Waals surface area contributed by atoms with Crippen molar-refractivity contribution in [2.45, 2.75) is 51.6 Å². The molecule has 3 rings (SSSR count). The van der Waals surface area contributed by atoms with E-state index in [1.807, 2.05) is 27.7 Å². The molecule has 162 valence electrons. The Bertz CT molecular complexity index is 1040. The van der Waals surface area contributed by atoms with Crippen LogP contribution < -0.4 is 10.2 Å². The molecule has 1 aliphatic rings. The first-order valence-corrected chi connectivity index (χ1v) is 11.4. The average Bonchev–Trinajstić information content (AvgIpc) is 2.85. The highest BCUT2D eigenvalue weighted by Gasteiger charge is 2.52. The predicted octanol–water partition coefficient (Wildman–Crippen LogP) is 4.02. The molecule has 1 aromatic heterocycles. The van der Waals surface area contributed by atoms with Crippen molar-refractivity contribution in [3.8, 4) is 11.6 Å². The molecule has 30 heavy (non-hydrogen) atoms. The quantitative estimate of drug-likeness (QED) is 0.690. The van der Waals surface area contributed by atoms with E-state index in [9.17, 15) is 13.0 Å². The molecule has 0 bridgehead atoms. The van der Waals surface area contributed by atoms with Gasteiger partial charge >= 0.3 is 7.12 Å². The van der Waals surface area contributed by atoms with Crippen molar-refractivity contribution in [3.05, 3.63) is 47.7 Å². The SMILES string of the molecule is CCS(=N)(=O)Cc1cnc(Oc2ccc(F)cc2F)c(B2OC(C)(C)C(C)(C)O2)c1. The first-order chi connectivity index (χ1) is 13.8. The van der Waals surface area contributed by atoms with Gasteiger partial charge in [-0.25, -0.2) is 18.0 Å². The van der Waals surface area contributed by atoms with Gasteiger partial charge in [-0.2, -0.15) is 0 Å². The molecule has 1 aromatic carbocycles. The van der Waals surface area contributed by atoms with E-state index in [-0.39, 0.29) is 23.1 Å². The molecule has 0 aliphatic carbocycles. The second-order valence-corrected chi connectivity index (χ2v) is 10.7. The van der Waals surface area contributed by atoms with Crippen LogP contribution in [0.1, 0.15) is 40.2 Å². The van der Waals surface area contributed by atoms with E-state index in [1.54, 1.807) is 13.0 Å². The summed E-state index contributed by atoms with van der Waals surface area (Å²) in [7, 11) is -3.68. The molecule has 0 spiro atoms. The van der Waals surface area contributed by atoms with Gasteiger partial charge < -0.3 is 14.0 Å². The van der Waals surface area contributed by atoms with Crippen LogP contribution in [0.4, 0.5) is 8.78 Å². The summed E-state index contributed by atoms with van der Waals surface area (Å²) in [5, 5.41) is 0. The van der Waals surface area contributed by atoms with Crippen LogP contribution in [0.2, 0.25) is 0 Å². The monoisotopic (exact) mass is 438 g/mol. The van der Waals surface area contributed by atoms with Crippen molar-refractivity contribution in [2.24, 2.45) is 0 Å². The number of hydrogen-bond donors (Lipinski definition) is 1. The van der Waals surface area contributed by atoms with Gasteiger partial charge in [0.25, 0.3) is 0 Å².